The van der Waals surface area contributed by atoms with Crippen LogP contribution >= 0.6 is 0 Å². The second-order valence-corrected chi connectivity index (χ2v) is 6.16. The van der Waals surface area contributed by atoms with E-state index in [1.807, 2.05) is 12.1 Å². The predicted octanol–water partition coefficient (Wildman–Crippen LogP) is 3.94. The molecule has 1 aromatic rings. The van der Waals surface area contributed by atoms with Gasteiger partial charge in [-0.3, -0.25) is 4.79 Å². The van der Waals surface area contributed by atoms with Crippen LogP contribution in [0.1, 0.15) is 45.6 Å². The first-order valence-corrected chi connectivity index (χ1v) is 8.01. The van der Waals surface area contributed by atoms with E-state index in [9.17, 15) is 4.79 Å². The Kier molecular flexibility index (Phi) is 7.27. The van der Waals surface area contributed by atoms with E-state index in [2.05, 4.69) is 38.2 Å². The molecular weight excluding hydrogens is 260 g/mol. The number of carbonyl (C=O) groups is 1. The van der Waals surface area contributed by atoms with Gasteiger partial charge in [0.1, 0.15) is 0 Å². The quantitative estimate of drug-likeness (QED) is 0.786. The van der Waals surface area contributed by atoms with Gasteiger partial charge in [0, 0.05) is 25.8 Å². The van der Waals surface area contributed by atoms with Gasteiger partial charge in [0.2, 0.25) is 5.91 Å². The van der Waals surface area contributed by atoms with Crippen LogP contribution < -0.4 is 5.32 Å². The Balaban J connectivity index is 2.58. The molecule has 21 heavy (non-hydrogen) atoms. The molecule has 0 radical (unpaired) electrons. The van der Waals surface area contributed by atoms with Gasteiger partial charge < -0.3 is 10.2 Å². The first kappa shape index (κ1) is 17.5. The van der Waals surface area contributed by atoms with E-state index in [0.717, 1.165) is 23.6 Å². The van der Waals surface area contributed by atoms with E-state index in [4.69, 9.17) is 0 Å². The Bertz CT molecular complexity index is 425. The third-order valence-electron chi connectivity index (χ3n) is 4.06. The maximum Gasteiger partial charge on any atom is 0.226 e. The van der Waals surface area contributed by atoms with E-state index in [1.54, 1.807) is 19.0 Å². The van der Waals surface area contributed by atoms with E-state index < -0.39 is 0 Å². The molecule has 0 bridgehead atoms. The van der Waals surface area contributed by atoms with Crippen molar-refractivity contribution in [2.75, 3.05) is 19.4 Å². The van der Waals surface area contributed by atoms with Crippen molar-refractivity contribution in [3.05, 3.63) is 29.8 Å². The molecule has 0 aromatic heterocycles. The fourth-order valence-corrected chi connectivity index (χ4v) is 2.27. The number of nitrogens with one attached hydrogen (secondary N) is 1. The number of likely N-dealkylation sites (N-methyl/N-ethyl adjacent to an activating group) is 1. The summed E-state index contributed by atoms with van der Waals surface area (Å²) >= 11 is 0. The van der Waals surface area contributed by atoms with E-state index >= 15 is 0 Å². The summed E-state index contributed by atoms with van der Waals surface area (Å²) < 4.78 is 0. The predicted molar refractivity (Wildman–Crippen MR) is 90.6 cm³/mol. The van der Waals surface area contributed by atoms with Crippen molar-refractivity contribution < 1.29 is 4.79 Å². The lowest BCUT2D eigenvalue weighted by atomic mass is 9.97. The fourth-order valence-electron chi connectivity index (χ4n) is 2.27. The second-order valence-electron chi connectivity index (χ2n) is 6.16. The lowest BCUT2D eigenvalue weighted by molar-refractivity contribution is -0.127. The van der Waals surface area contributed by atoms with Gasteiger partial charge in [-0.25, -0.2) is 0 Å². The molecule has 0 aliphatic heterocycles. The number of amides is 1. The molecule has 1 N–H and O–H groups in total. The Labute approximate surface area is 129 Å². The van der Waals surface area contributed by atoms with Crippen LogP contribution in [0, 0.1) is 5.92 Å². The van der Waals surface area contributed by atoms with Crippen LogP contribution in [0.3, 0.4) is 0 Å². The van der Waals surface area contributed by atoms with Gasteiger partial charge in [-0.05, 0) is 36.5 Å². The highest BCUT2D eigenvalue weighted by molar-refractivity contribution is 5.78. The highest BCUT2D eigenvalue weighted by Crippen LogP contribution is 2.18. The summed E-state index contributed by atoms with van der Waals surface area (Å²) in [6, 6.07) is 8.77. The standard InChI is InChI=1S/C18H30N2O/c1-6-14(3)12-16(7-2)19-17-10-8-15(9-11-17)13-18(21)20(4)5/h8-11,14,16,19H,6-7,12-13H2,1-5H3. The van der Waals surface area contributed by atoms with Gasteiger partial charge in [-0.1, -0.05) is 39.3 Å². The number of anilines is 1. The SMILES string of the molecule is CCC(C)CC(CC)Nc1ccc(CC(=O)N(C)C)cc1. The fraction of sp³-hybridized carbons (Fsp3) is 0.611. The highest BCUT2D eigenvalue weighted by atomic mass is 16.2. The normalized spacial score (nSPS) is 13.6. The Hall–Kier alpha value is -1.51. The van der Waals surface area contributed by atoms with Crippen LogP contribution in [0.4, 0.5) is 5.69 Å². The third kappa shape index (κ3) is 6.19. The molecule has 0 aliphatic carbocycles. The Morgan fingerprint density at radius 3 is 2.24 bits per heavy atom. The summed E-state index contributed by atoms with van der Waals surface area (Å²) in [5.74, 6) is 0.887. The summed E-state index contributed by atoms with van der Waals surface area (Å²) in [5, 5.41) is 3.60. The van der Waals surface area contributed by atoms with Gasteiger partial charge in [0.25, 0.3) is 0 Å². The summed E-state index contributed by atoms with van der Waals surface area (Å²) in [4.78, 5) is 13.3. The zero-order chi connectivity index (χ0) is 15.8. The number of hydrogen-bond acceptors (Lipinski definition) is 2. The average Bonchev–Trinajstić information content (AvgIpc) is 2.48. The van der Waals surface area contributed by atoms with Crippen LogP contribution in [0.15, 0.2) is 24.3 Å². The van der Waals surface area contributed by atoms with E-state index in [-0.39, 0.29) is 5.91 Å². The molecule has 1 amide bonds. The van der Waals surface area contributed by atoms with E-state index in [1.165, 1.54) is 12.8 Å². The largest absolute Gasteiger partial charge is 0.382 e. The van der Waals surface area contributed by atoms with E-state index in [0.29, 0.717) is 12.5 Å². The van der Waals surface area contributed by atoms with Gasteiger partial charge in [0.05, 0.1) is 6.42 Å². The summed E-state index contributed by atoms with van der Waals surface area (Å²) in [7, 11) is 3.58. The van der Waals surface area contributed by atoms with Crippen molar-refractivity contribution in [2.45, 2.75) is 52.5 Å². The zero-order valence-electron chi connectivity index (χ0n) is 14.1. The molecule has 2 unspecified atom stereocenters. The first-order chi connectivity index (χ1) is 9.96. The molecule has 1 rings (SSSR count). The number of hydrogen-bond donors (Lipinski definition) is 1. The van der Waals surface area contributed by atoms with Gasteiger partial charge in [-0.2, -0.15) is 0 Å². The molecule has 3 heteroatoms. The molecule has 0 saturated carbocycles. The highest BCUT2D eigenvalue weighted by Gasteiger charge is 2.10. The topological polar surface area (TPSA) is 32.3 Å². The average molecular weight is 290 g/mol. The molecule has 0 spiro atoms. The maximum atomic E-state index is 11.7. The van der Waals surface area contributed by atoms with Crippen LogP contribution in [-0.2, 0) is 11.2 Å². The molecule has 1 aromatic carbocycles. The number of benzene rings is 1. The summed E-state index contributed by atoms with van der Waals surface area (Å²) in [6.07, 6.45) is 4.03. The first-order valence-electron chi connectivity index (χ1n) is 8.01. The monoisotopic (exact) mass is 290 g/mol. The zero-order valence-corrected chi connectivity index (χ0v) is 14.1. The third-order valence-corrected chi connectivity index (χ3v) is 4.06. The molecule has 0 heterocycles. The minimum Gasteiger partial charge on any atom is -0.382 e. The lowest BCUT2D eigenvalue weighted by Crippen LogP contribution is -2.23. The molecule has 3 nitrogen and oxygen atoms in total. The van der Waals surface area contributed by atoms with Crippen molar-refractivity contribution in [3.8, 4) is 0 Å². The lowest BCUT2D eigenvalue weighted by Gasteiger charge is -2.21. The number of nitrogens with zero attached hydrogens (tertiary/aromatic N) is 1. The van der Waals surface area contributed by atoms with Gasteiger partial charge >= 0.3 is 0 Å². The molecule has 0 fully saturated rings. The molecule has 0 saturated heterocycles. The molecule has 0 aliphatic rings. The Morgan fingerprint density at radius 2 is 1.76 bits per heavy atom. The van der Waals surface area contributed by atoms with Gasteiger partial charge in [0.15, 0.2) is 0 Å². The number of carbonyl (C=O) groups excluding carboxylic acids is 1. The number of rotatable bonds is 8. The van der Waals surface area contributed by atoms with Crippen LogP contribution in [-0.4, -0.2) is 30.9 Å². The van der Waals surface area contributed by atoms with Gasteiger partial charge in [-0.15, -0.1) is 0 Å². The minimum atomic E-state index is 0.138. The molecule has 2 atom stereocenters. The molecule has 118 valence electrons. The van der Waals surface area contributed by atoms with Crippen molar-refractivity contribution in [3.63, 3.8) is 0 Å². The minimum absolute atomic E-state index is 0.138. The summed E-state index contributed by atoms with van der Waals surface area (Å²) in [6.45, 7) is 6.78. The van der Waals surface area contributed by atoms with Crippen molar-refractivity contribution in [2.24, 2.45) is 5.92 Å². The van der Waals surface area contributed by atoms with Crippen LogP contribution in [0.25, 0.3) is 0 Å². The smallest absolute Gasteiger partial charge is 0.226 e. The summed E-state index contributed by atoms with van der Waals surface area (Å²) in [5.41, 5.74) is 2.21. The van der Waals surface area contributed by atoms with Crippen molar-refractivity contribution in [1.29, 1.82) is 0 Å². The molecular formula is C18H30N2O. The Morgan fingerprint density at radius 1 is 1.14 bits per heavy atom. The second kappa shape index (κ2) is 8.71. The van der Waals surface area contributed by atoms with Crippen molar-refractivity contribution in [1.82, 2.24) is 4.90 Å². The van der Waals surface area contributed by atoms with Crippen LogP contribution in [0.2, 0.25) is 0 Å². The maximum absolute atomic E-state index is 11.7. The van der Waals surface area contributed by atoms with Crippen molar-refractivity contribution >= 4 is 11.6 Å². The van der Waals surface area contributed by atoms with Crippen LogP contribution in [0.5, 0.6) is 0 Å².